The van der Waals surface area contributed by atoms with Crippen LogP contribution in [-0.4, -0.2) is 25.0 Å². The van der Waals surface area contributed by atoms with Gasteiger partial charge in [-0.2, -0.15) is 0 Å². The molecule has 0 aliphatic carbocycles. The second-order valence-corrected chi connectivity index (χ2v) is 5.48. The standard InChI is InChI=1S/C19H22N2O4/c1-3-24-16-9-7-14(8-10-16)13(2)21-19(23)15-5-4-6-17(11-15)25-12-18(20)22/h4-11,13H,3,12H2,1-2H3,(H2,20,22)(H,21,23). The zero-order chi connectivity index (χ0) is 18.2. The lowest BCUT2D eigenvalue weighted by Crippen LogP contribution is -2.26. The molecule has 2 aromatic carbocycles. The first-order valence-electron chi connectivity index (χ1n) is 8.04. The summed E-state index contributed by atoms with van der Waals surface area (Å²) in [4.78, 5) is 23.2. The van der Waals surface area contributed by atoms with Crippen molar-refractivity contribution < 1.29 is 19.1 Å². The van der Waals surface area contributed by atoms with E-state index in [1.165, 1.54) is 0 Å². The number of hydrogen-bond acceptors (Lipinski definition) is 4. The van der Waals surface area contributed by atoms with Gasteiger partial charge in [-0.15, -0.1) is 0 Å². The quantitative estimate of drug-likeness (QED) is 0.771. The van der Waals surface area contributed by atoms with Gasteiger partial charge in [0.25, 0.3) is 11.8 Å². The van der Waals surface area contributed by atoms with E-state index in [1.807, 2.05) is 38.1 Å². The van der Waals surface area contributed by atoms with Crippen LogP contribution < -0.4 is 20.5 Å². The van der Waals surface area contributed by atoms with Gasteiger partial charge < -0.3 is 20.5 Å². The fraction of sp³-hybridized carbons (Fsp3) is 0.263. The Bertz CT molecular complexity index is 728. The van der Waals surface area contributed by atoms with Gasteiger partial charge in [-0.25, -0.2) is 0 Å². The maximum absolute atomic E-state index is 12.4. The molecule has 1 atom stereocenters. The van der Waals surface area contributed by atoms with Crippen LogP contribution in [0, 0.1) is 0 Å². The first-order valence-corrected chi connectivity index (χ1v) is 8.04. The van der Waals surface area contributed by atoms with Crippen molar-refractivity contribution in [2.24, 2.45) is 5.73 Å². The van der Waals surface area contributed by atoms with Crippen LogP contribution in [0.15, 0.2) is 48.5 Å². The van der Waals surface area contributed by atoms with E-state index in [2.05, 4.69) is 5.32 Å². The molecule has 0 spiro atoms. The highest BCUT2D eigenvalue weighted by atomic mass is 16.5. The first kappa shape index (κ1) is 18.3. The third-order valence-corrected chi connectivity index (χ3v) is 3.52. The molecular formula is C19H22N2O4. The lowest BCUT2D eigenvalue weighted by molar-refractivity contribution is -0.119. The first-order chi connectivity index (χ1) is 12.0. The van der Waals surface area contributed by atoms with E-state index in [-0.39, 0.29) is 18.6 Å². The predicted octanol–water partition coefficient (Wildman–Crippen LogP) is 2.44. The molecule has 6 nitrogen and oxygen atoms in total. The Labute approximate surface area is 146 Å². The predicted molar refractivity (Wildman–Crippen MR) is 94.6 cm³/mol. The topological polar surface area (TPSA) is 90.7 Å². The minimum absolute atomic E-state index is 0.168. The third-order valence-electron chi connectivity index (χ3n) is 3.52. The van der Waals surface area contributed by atoms with Gasteiger partial charge in [-0.3, -0.25) is 9.59 Å². The van der Waals surface area contributed by atoms with Crippen molar-refractivity contribution in [1.82, 2.24) is 5.32 Å². The fourth-order valence-corrected chi connectivity index (χ4v) is 2.26. The Morgan fingerprint density at radius 3 is 2.44 bits per heavy atom. The van der Waals surface area contributed by atoms with Crippen molar-refractivity contribution in [3.05, 3.63) is 59.7 Å². The van der Waals surface area contributed by atoms with Gasteiger partial charge in [0.1, 0.15) is 11.5 Å². The molecule has 2 rings (SSSR count). The number of primary amides is 1. The molecule has 0 aliphatic rings. The van der Waals surface area contributed by atoms with E-state index >= 15 is 0 Å². The minimum atomic E-state index is -0.570. The molecule has 25 heavy (non-hydrogen) atoms. The molecule has 0 saturated heterocycles. The van der Waals surface area contributed by atoms with E-state index in [4.69, 9.17) is 15.2 Å². The summed E-state index contributed by atoms with van der Waals surface area (Å²) in [6.07, 6.45) is 0. The van der Waals surface area contributed by atoms with Crippen LogP contribution in [0.5, 0.6) is 11.5 Å². The lowest BCUT2D eigenvalue weighted by atomic mass is 10.1. The molecular weight excluding hydrogens is 320 g/mol. The molecule has 0 fully saturated rings. The average molecular weight is 342 g/mol. The fourth-order valence-electron chi connectivity index (χ4n) is 2.26. The monoisotopic (exact) mass is 342 g/mol. The van der Waals surface area contributed by atoms with Crippen LogP contribution in [0.1, 0.15) is 35.8 Å². The Balaban J connectivity index is 2.00. The molecule has 3 N–H and O–H groups in total. The van der Waals surface area contributed by atoms with E-state index in [0.29, 0.717) is 17.9 Å². The highest BCUT2D eigenvalue weighted by molar-refractivity contribution is 5.94. The third kappa shape index (κ3) is 5.53. The summed E-state index contributed by atoms with van der Waals surface area (Å²) in [5.74, 6) is 0.411. The smallest absolute Gasteiger partial charge is 0.255 e. The van der Waals surface area contributed by atoms with Crippen molar-refractivity contribution in [2.45, 2.75) is 19.9 Å². The second-order valence-electron chi connectivity index (χ2n) is 5.48. The van der Waals surface area contributed by atoms with Crippen LogP contribution in [-0.2, 0) is 4.79 Å². The van der Waals surface area contributed by atoms with Crippen molar-refractivity contribution >= 4 is 11.8 Å². The summed E-state index contributed by atoms with van der Waals surface area (Å²) >= 11 is 0. The Morgan fingerprint density at radius 2 is 1.80 bits per heavy atom. The number of nitrogens with one attached hydrogen (secondary N) is 1. The highest BCUT2D eigenvalue weighted by Crippen LogP contribution is 2.19. The minimum Gasteiger partial charge on any atom is -0.494 e. The number of ether oxygens (including phenoxy) is 2. The van der Waals surface area contributed by atoms with Crippen molar-refractivity contribution in [3.8, 4) is 11.5 Å². The van der Waals surface area contributed by atoms with Gasteiger partial charge in [-0.05, 0) is 49.7 Å². The molecule has 132 valence electrons. The molecule has 0 saturated carbocycles. The molecule has 1 unspecified atom stereocenters. The van der Waals surface area contributed by atoms with Crippen LogP contribution in [0.25, 0.3) is 0 Å². The van der Waals surface area contributed by atoms with Gasteiger partial charge in [0.2, 0.25) is 0 Å². The highest BCUT2D eigenvalue weighted by Gasteiger charge is 2.12. The Morgan fingerprint density at radius 1 is 1.08 bits per heavy atom. The van der Waals surface area contributed by atoms with Crippen LogP contribution >= 0.6 is 0 Å². The second kappa shape index (κ2) is 8.73. The molecule has 0 radical (unpaired) electrons. The number of rotatable bonds is 8. The molecule has 0 aliphatic heterocycles. The molecule has 2 amide bonds. The average Bonchev–Trinajstić information content (AvgIpc) is 2.61. The summed E-state index contributed by atoms with van der Waals surface area (Å²) in [5.41, 5.74) is 6.46. The van der Waals surface area contributed by atoms with E-state index < -0.39 is 5.91 Å². The summed E-state index contributed by atoms with van der Waals surface area (Å²) in [5, 5.41) is 2.93. The largest absolute Gasteiger partial charge is 0.494 e. The summed E-state index contributed by atoms with van der Waals surface area (Å²) in [7, 11) is 0. The number of carbonyl (C=O) groups is 2. The molecule has 2 aromatic rings. The van der Waals surface area contributed by atoms with Crippen LogP contribution in [0.3, 0.4) is 0 Å². The van der Waals surface area contributed by atoms with Crippen LogP contribution in [0.4, 0.5) is 0 Å². The zero-order valence-corrected chi connectivity index (χ0v) is 14.3. The van der Waals surface area contributed by atoms with Crippen LogP contribution in [0.2, 0.25) is 0 Å². The van der Waals surface area contributed by atoms with Gasteiger partial charge in [-0.1, -0.05) is 18.2 Å². The lowest BCUT2D eigenvalue weighted by Gasteiger charge is -2.15. The van der Waals surface area contributed by atoms with Gasteiger partial charge in [0.15, 0.2) is 6.61 Å². The summed E-state index contributed by atoms with van der Waals surface area (Å²) < 4.78 is 10.6. The van der Waals surface area contributed by atoms with Crippen molar-refractivity contribution in [3.63, 3.8) is 0 Å². The van der Waals surface area contributed by atoms with E-state index in [0.717, 1.165) is 11.3 Å². The van der Waals surface area contributed by atoms with Gasteiger partial charge in [0, 0.05) is 5.56 Å². The maximum Gasteiger partial charge on any atom is 0.255 e. The van der Waals surface area contributed by atoms with E-state index in [1.54, 1.807) is 24.3 Å². The number of hydrogen-bond donors (Lipinski definition) is 2. The SMILES string of the molecule is CCOc1ccc(C(C)NC(=O)c2cccc(OCC(N)=O)c2)cc1. The molecule has 6 heteroatoms. The van der Waals surface area contributed by atoms with E-state index in [9.17, 15) is 9.59 Å². The molecule has 0 heterocycles. The normalized spacial score (nSPS) is 11.4. The zero-order valence-electron chi connectivity index (χ0n) is 14.3. The molecule has 0 bridgehead atoms. The molecule has 0 aromatic heterocycles. The number of nitrogens with two attached hydrogens (primary N) is 1. The van der Waals surface area contributed by atoms with Gasteiger partial charge >= 0.3 is 0 Å². The van der Waals surface area contributed by atoms with Gasteiger partial charge in [0.05, 0.1) is 12.6 Å². The number of amides is 2. The Kier molecular flexibility index (Phi) is 6.39. The number of benzene rings is 2. The Hall–Kier alpha value is -3.02. The van der Waals surface area contributed by atoms with Crippen molar-refractivity contribution in [1.29, 1.82) is 0 Å². The number of carbonyl (C=O) groups excluding carboxylic acids is 2. The summed E-state index contributed by atoms with van der Waals surface area (Å²) in [6, 6.07) is 14.0. The van der Waals surface area contributed by atoms with Crippen molar-refractivity contribution in [2.75, 3.05) is 13.2 Å². The summed E-state index contributed by atoms with van der Waals surface area (Å²) in [6.45, 7) is 4.21. The maximum atomic E-state index is 12.4.